The molecule has 4 nitrogen and oxygen atoms in total. The molecule has 0 aromatic heterocycles. The minimum absolute atomic E-state index is 0.0761. The van der Waals surface area contributed by atoms with Crippen LogP contribution in [0.2, 0.25) is 0 Å². The first-order valence-electron chi connectivity index (χ1n) is 4.30. The highest BCUT2D eigenvalue weighted by atomic mass is 79.9. The molecule has 0 aromatic carbocycles. The normalized spacial score (nSPS) is 55.0. The van der Waals surface area contributed by atoms with Crippen molar-refractivity contribution in [3.63, 3.8) is 0 Å². The Morgan fingerprint density at radius 1 is 0.929 bits per heavy atom. The van der Waals surface area contributed by atoms with Crippen LogP contribution in [0.1, 0.15) is 0 Å². The zero-order valence-corrected chi connectivity index (χ0v) is 10.0. The van der Waals surface area contributed by atoms with Gasteiger partial charge >= 0.3 is 11.9 Å². The third kappa shape index (κ3) is 0.919. The highest BCUT2D eigenvalue weighted by molar-refractivity contribution is 9.12. The van der Waals surface area contributed by atoms with Gasteiger partial charge in [0.25, 0.3) is 0 Å². The van der Waals surface area contributed by atoms with E-state index in [0.717, 1.165) is 0 Å². The number of hydrogen-bond acceptors (Lipinski definition) is 4. The zero-order chi connectivity index (χ0) is 10.0. The van der Waals surface area contributed by atoms with E-state index < -0.39 is 23.8 Å². The lowest BCUT2D eigenvalue weighted by Gasteiger charge is -2.23. The van der Waals surface area contributed by atoms with E-state index in [1.165, 1.54) is 0 Å². The SMILES string of the molecule is O=C1OC(=O)[C@H]2[C@H]3O[C@@H]([C@H](Br)[C@@H]3Br)[C@@H]12. The van der Waals surface area contributed by atoms with Crippen LogP contribution in [0.3, 0.4) is 0 Å². The molecule has 0 N–H and O–H groups in total. The fraction of sp³-hybridized carbons (Fsp3) is 0.750. The maximum Gasteiger partial charge on any atom is 0.320 e. The number of esters is 2. The van der Waals surface area contributed by atoms with Crippen molar-refractivity contribution in [3.8, 4) is 0 Å². The molecular formula is C8H6Br2O4. The molecule has 2 bridgehead atoms. The molecule has 3 saturated heterocycles. The first-order chi connectivity index (χ1) is 6.61. The number of carbonyl (C=O) groups excluding carboxylic acids is 2. The Kier molecular flexibility index (Phi) is 1.86. The predicted octanol–water partition coefficient (Wildman–Crippen LogP) is 0.610. The van der Waals surface area contributed by atoms with Crippen LogP contribution in [0, 0.1) is 11.8 Å². The van der Waals surface area contributed by atoms with E-state index in [2.05, 4.69) is 36.6 Å². The predicted molar refractivity (Wildman–Crippen MR) is 52.2 cm³/mol. The Morgan fingerprint density at radius 2 is 1.36 bits per heavy atom. The third-order valence-corrected chi connectivity index (χ3v) is 5.98. The van der Waals surface area contributed by atoms with Crippen molar-refractivity contribution in [3.05, 3.63) is 0 Å². The number of rotatable bonds is 0. The summed E-state index contributed by atoms with van der Waals surface area (Å²) < 4.78 is 10.2. The average molecular weight is 326 g/mol. The summed E-state index contributed by atoms with van der Waals surface area (Å²) in [5.74, 6) is -1.66. The summed E-state index contributed by atoms with van der Waals surface area (Å²) in [5, 5.41) is 0. The van der Waals surface area contributed by atoms with E-state index in [1.54, 1.807) is 0 Å². The van der Waals surface area contributed by atoms with Gasteiger partial charge in [0.2, 0.25) is 0 Å². The van der Waals surface area contributed by atoms with E-state index in [4.69, 9.17) is 4.74 Å². The van der Waals surface area contributed by atoms with Crippen LogP contribution in [-0.4, -0.2) is 33.8 Å². The van der Waals surface area contributed by atoms with Gasteiger partial charge in [0.05, 0.1) is 21.9 Å². The van der Waals surface area contributed by atoms with Gasteiger partial charge < -0.3 is 9.47 Å². The Hall–Kier alpha value is 0.0600. The molecule has 3 rings (SSSR count). The highest BCUT2D eigenvalue weighted by Gasteiger charge is 2.67. The standard InChI is InChI=1S/C8H6Br2O4/c9-3-4(10)6-2-1(5(3)13-6)7(11)14-8(2)12/h1-6H/t1-,2+,3+,4-,5-,6-/m1/s1. The molecule has 3 fully saturated rings. The summed E-state index contributed by atoms with van der Waals surface area (Å²) >= 11 is 6.91. The van der Waals surface area contributed by atoms with Crippen LogP contribution in [0.25, 0.3) is 0 Å². The highest BCUT2D eigenvalue weighted by Crippen LogP contribution is 2.52. The fourth-order valence-electron chi connectivity index (χ4n) is 2.46. The summed E-state index contributed by atoms with van der Waals surface area (Å²) in [6.07, 6.45) is -0.457. The second-order valence-corrected chi connectivity index (χ2v) is 5.86. The molecule has 3 aliphatic rings. The quantitative estimate of drug-likeness (QED) is 0.372. The second-order valence-electron chi connectivity index (χ2n) is 3.75. The fourth-order valence-corrected chi connectivity index (χ4v) is 3.97. The van der Waals surface area contributed by atoms with Crippen LogP contribution in [0.15, 0.2) is 0 Å². The molecule has 0 amide bonds. The van der Waals surface area contributed by atoms with E-state index in [9.17, 15) is 9.59 Å². The number of cyclic esters (lactones) is 2. The average Bonchev–Trinajstić information content (AvgIpc) is 2.71. The maximum absolute atomic E-state index is 11.3. The number of alkyl halides is 2. The monoisotopic (exact) mass is 324 g/mol. The van der Waals surface area contributed by atoms with Crippen molar-refractivity contribution in [2.24, 2.45) is 11.8 Å². The molecule has 6 heteroatoms. The van der Waals surface area contributed by atoms with Gasteiger partial charge in [0.15, 0.2) is 0 Å². The van der Waals surface area contributed by atoms with Crippen molar-refractivity contribution in [2.75, 3.05) is 0 Å². The lowest BCUT2D eigenvalue weighted by atomic mass is 9.81. The summed E-state index contributed by atoms with van der Waals surface area (Å²) in [6, 6.07) is 0. The summed E-state index contributed by atoms with van der Waals surface area (Å²) in [5.41, 5.74) is 0. The smallest absolute Gasteiger partial charge is 0.320 e. The minimum atomic E-state index is -0.434. The first kappa shape index (κ1) is 9.30. The summed E-state index contributed by atoms with van der Waals surface area (Å²) in [7, 11) is 0. The Morgan fingerprint density at radius 3 is 1.79 bits per heavy atom. The van der Waals surface area contributed by atoms with Gasteiger partial charge in [0, 0.05) is 0 Å². The van der Waals surface area contributed by atoms with E-state index >= 15 is 0 Å². The van der Waals surface area contributed by atoms with Crippen molar-refractivity contribution >= 4 is 43.8 Å². The van der Waals surface area contributed by atoms with Crippen molar-refractivity contribution in [2.45, 2.75) is 21.9 Å². The van der Waals surface area contributed by atoms with Crippen LogP contribution in [0.5, 0.6) is 0 Å². The van der Waals surface area contributed by atoms with Gasteiger partial charge in [-0.25, -0.2) is 0 Å². The number of hydrogen-bond donors (Lipinski definition) is 0. The minimum Gasteiger partial charge on any atom is -0.393 e. The summed E-state index contributed by atoms with van der Waals surface area (Å²) in [6.45, 7) is 0. The second kappa shape index (κ2) is 2.80. The van der Waals surface area contributed by atoms with Crippen molar-refractivity contribution in [1.82, 2.24) is 0 Å². The maximum atomic E-state index is 11.3. The molecule has 6 atom stereocenters. The molecule has 0 unspecified atom stereocenters. The molecule has 3 aliphatic heterocycles. The van der Waals surface area contributed by atoms with Gasteiger partial charge in [0.1, 0.15) is 11.8 Å². The summed E-state index contributed by atoms with van der Waals surface area (Å²) in [4.78, 5) is 22.9. The lowest BCUT2D eigenvalue weighted by Crippen LogP contribution is -2.42. The van der Waals surface area contributed by atoms with Gasteiger partial charge in [-0.3, -0.25) is 9.59 Å². The zero-order valence-electron chi connectivity index (χ0n) is 6.85. The first-order valence-corrected chi connectivity index (χ1v) is 6.13. The molecule has 0 spiro atoms. The number of fused-ring (bicyclic) bond motifs is 5. The Balaban J connectivity index is 2.01. The van der Waals surface area contributed by atoms with Gasteiger partial charge in [-0.15, -0.1) is 0 Å². The van der Waals surface area contributed by atoms with Crippen LogP contribution in [-0.2, 0) is 19.1 Å². The van der Waals surface area contributed by atoms with E-state index in [1.807, 2.05) is 0 Å². The van der Waals surface area contributed by atoms with Crippen LogP contribution >= 0.6 is 31.9 Å². The van der Waals surface area contributed by atoms with Crippen molar-refractivity contribution < 1.29 is 19.1 Å². The van der Waals surface area contributed by atoms with Crippen LogP contribution in [0.4, 0.5) is 0 Å². The topological polar surface area (TPSA) is 52.6 Å². The molecule has 3 heterocycles. The molecule has 76 valence electrons. The molecule has 14 heavy (non-hydrogen) atoms. The molecule has 0 saturated carbocycles. The van der Waals surface area contributed by atoms with Crippen molar-refractivity contribution in [1.29, 1.82) is 0 Å². The van der Waals surface area contributed by atoms with E-state index in [0.29, 0.717) is 0 Å². The molecule has 0 aliphatic carbocycles. The number of halogens is 2. The van der Waals surface area contributed by atoms with Crippen LogP contribution < -0.4 is 0 Å². The van der Waals surface area contributed by atoms with E-state index in [-0.39, 0.29) is 21.9 Å². The van der Waals surface area contributed by atoms with Gasteiger partial charge in [-0.2, -0.15) is 0 Å². The van der Waals surface area contributed by atoms with Gasteiger partial charge in [-0.1, -0.05) is 31.9 Å². The Labute approximate surface area is 96.6 Å². The molecular weight excluding hydrogens is 320 g/mol. The molecule has 0 radical (unpaired) electrons. The lowest BCUT2D eigenvalue weighted by molar-refractivity contribution is -0.156. The molecule has 0 aromatic rings. The largest absolute Gasteiger partial charge is 0.393 e. The number of carbonyl (C=O) groups is 2. The third-order valence-electron chi connectivity index (χ3n) is 3.09. The van der Waals surface area contributed by atoms with Gasteiger partial charge in [-0.05, 0) is 0 Å². The number of ether oxygens (including phenoxy) is 2. The Bertz CT molecular complexity index is 301.